The van der Waals surface area contributed by atoms with Gasteiger partial charge in [-0.15, -0.1) is 0 Å². The number of hydrogen-bond donors (Lipinski definition) is 1. The fourth-order valence-corrected chi connectivity index (χ4v) is 2.41. The van der Waals surface area contributed by atoms with Crippen molar-refractivity contribution in [1.29, 1.82) is 0 Å². The van der Waals surface area contributed by atoms with Gasteiger partial charge in [0.1, 0.15) is 30.5 Å². The third-order valence-corrected chi connectivity index (χ3v) is 3.82. The summed E-state index contributed by atoms with van der Waals surface area (Å²) in [6.07, 6.45) is 0.466. The fourth-order valence-electron chi connectivity index (χ4n) is 2.41. The molecule has 0 aliphatic carbocycles. The Balaban J connectivity index is 1.96. The number of hydrogen-bond acceptors (Lipinski definition) is 4. The fraction of sp³-hybridized carbons (Fsp3) is 0.350. The van der Waals surface area contributed by atoms with E-state index in [1.54, 1.807) is 19.2 Å². The maximum atomic E-state index is 10.8. The van der Waals surface area contributed by atoms with Gasteiger partial charge in [-0.2, -0.15) is 0 Å². The van der Waals surface area contributed by atoms with Gasteiger partial charge in [0, 0.05) is 12.5 Å². The Morgan fingerprint density at radius 2 is 1.72 bits per heavy atom. The first-order valence-corrected chi connectivity index (χ1v) is 8.21. The Bertz CT molecular complexity index is 724. The number of ether oxygens (including phenoxy) is 3. The van der Waals surface area contributed by atoms with Crippen molar-refractivity contribution in [3.05, 3.63) is 53.1 Å². The van der Waals surface area contributed by atoms with Crippen molar-refractivity contribution in [2.24, 2.45) is 0 Å². The first-order chi connectivity index (χ1) is 12.0. The van der Waals surface area contributed by atoms with Crippen LogP contribution in [0.5, 0.6) is 17.2 Å². The molecular formula is C20H24O5. The van der Waals surface area contributed by atoms with E-state index in [1.807, 2.05) is 38.1 Å². The summed E-state index contributed by atoms with van der Waals surface area (Å²) >= 11 is 0. The van der Waals surface area contributed by atoms with Gasteiger partial charge in [0.05, 0.1) is 7.11 Å². The minimum absolute atomic E-state index is 0.0572. The summed E-state index contributed by atoms with van der Waals surface area (Å²) in [4.78, 5) is 10.8. The molecule has 2 rings (SSSR count). The summed E-state index contributed by atoms with van der Waals surface area (Å²) in [5.41, 5.74) is 3.06. The van der Waals surface area contributed by atoms with Crippen molar-refractivity contribution in [3.63, 3.8) is 0 Å². The Morgan fingerprint density at radius 1 is 1.00 bits per heavy atom. The van der Waals surface area contributed by atoms with Crippen LogP contribution in [0.3, 0.4) is 0 Å². The summed E-state index contributed by atoms with van der Waals surface area (Å²) in [7, 11) is 1.58. The maximum absolute atomic E-state index is 10.8. The predicted molar refractivity (Wildman–Crippen MR) is 95.9 cm³/mol. The van der Waals surface area contributed by atoms with Crippen LogP contribution in [0.2, 0.25) is 0 Å². The molecule has 0 saturated carbocycles. The van der Waals surface area contributed by atoms with Crippen molar-refractivity contribution < 1.29 is 24.1 Å². The molecule has 2 aromatic carbocycles. The molecule has 0 radical (unpaired) electrons. The van der Waals surface area contributed by atoms with E-state index < -0.39 is 5.97 Å². The average Bonchev–Trinajstić information content (AvgIpc) is 2.60. The zero-order chi connectivity index (χ0) is 18.2. The van der Waals surface area contributed by atoms with Crippen molar-refractivity contribution in [1.82, 2.24) is 0 Å². The van der Waals surface area contributed by atoms with E-state index in [1.165, 1.54) is 0 Å². The average molecular weight is 344 g/mol. The van der Waals surface area contributed by atoms with Gasteiger partial charge in [-0.05, 0) is 49.1 Å². The number of carboxylic acids is 1. The number of methoxy groups -OCH3 is 1. The Kier molecular flexibility index (Phi) is 6.69. The van der Waals surface area contributed by atoms with Gasteiger partial charge in [-0.25, -0.2) is 0 Å². The molecule has 5 nitrogen and oxygen atoms in total. The third-order valence-electron chi connectivity index (χ3n) is 3.82. The first kappa shape index (κ1) is 18.6. The topological polar surface area (TPSA) is 65.0 Å². The van der Waals surface area contributed by atoms with Crippen LogP contribution < -0.4 is 14.2 Å². The van der Waals surface area contributed by atoms with Gasteiger partial charge < -0.3 is 19.3 Å². The van der Waals surface area contributed by atoms with Gasteiger partial charge in [0.15, 0.2) is 0 Å². The van der Waals surface area contributed by atoms with Gasteiger partial charge in [0.2, 0.25) is 0 Å². The molecule has 1 N–H and O–H groups in total. The van der Waals surface area contributed by atoms with Crippen molar-refractivity contribution in [2.45, 2.75) is 26.7 Å². The van der Waals surface area contributed by atoms with Crippen LogP contribution in [-0.2, 0) is 11.2 Å². The van der Waals surface area contributed by atoms with Gasteiger partial charge in [-0.1, -0.05) is 18.2 Å². The van der Waals surface area contributed by atoms with Crippen LogP contribution in [0.4, 0.5) is 0 Å². The summed E-state index contributed by atoms with van der Waals surface area (Å²) in [5.74, 6) is 1.31. The molecule has 0 atom stereocenters. The lowest BCUT2D eigenvalue weighted by Gasteiger charge is -2.14. The number of carboxylic acid groups (broad SMARTS) is 1. The molecule has 0 aliphatic heterocycles. The van der Waals surface area contributed by atoms with Crippen LogP contribution >= 0.6 is 0 Å². The molecular weight excluding hydrogens is 320 g/mol. The van der Waals surface area contributed by atoms with E-state index in [0.717, 1.165) is 22.4 Å². The number of aryl methyl sites for hydroxylation is 3. The monoisotopic (exact) mass is 344 g/mol. The number of carbonyl (C=O) groups is 1. The van der Waals surface area contributed by atoms with E-state index in [-0.39, 0.29) is 6.42 Å². The summed E-state index contributed by atoms with van der Waals surface area (Å²) < 4.78 is 16.8. The molecule has 25 heavy (non-hydrogen) atoms. The molecule has 0 amide bonds. The molecule has 5 heteroatoms. The number of rotatable bonds is 9. The highest BCUT2D eigenvalue weighted by Crippen LogP contribution is 2.26. The molecule has 0 bridgehead atoms. The summed E-state index contributed by atoms with van der Waals surface area (Å²) in [6.45, 7) is 4.79. The molecule has 0 unspecified atom stereocenters. The zero-order valence-corrected chi connectivity index (χ0v) is 14.9. The molecule has 2 aromatic rings. The van der Waals surface area contributed by atoms with Gasteiger partial charge in [-0.3, -0.25) is 4.79 Å². The molecule has 0 aromatic heterocycles. The lowest BCUT2D eigenvalue weighted by Crippen LogP contribution is -2.11. The van der Waals surface area contributed by atoms with Gasteiger partial charge in [0.25, 0.3) is 0 Å². The Labute approximate surface area is 148 Å². The van der Waals surface area contributed by atoms with E-state index in [2.05, 4.69) is 0 Å². The summed E-state index contributed by atoms with van der Waals surface area (Å²) in [5, 5.41) is 8.87. The molecule has 134 valence electrons. The van der Waals surface area contributed by atoms with Crippen LogP contribution in [0.15, 0.2) is 36.4 Å². The van der Waals surface area contributed by atoms with Crippen molar-refractivity contribution >= 4 is 5.97 Å². The smallest absolute Gasteiger partial charge is 0.303 e. The van der Waals surface area contributed by atoms with Crippen LogP contribution in [0.1, 0.15) is 23.1 Å². The van der Waals surface area contributed by atoms with Crippen LogP contribution in [-0.4, -0.2) is 31.4 Å². The number of benzene rings is 2. The summed E-state index contributed by atoms with van der Waals surface area (Å²) in [6, 6.07) is 11.5. The third kappa shape index (κ3) is 5.71. The van der Waals surface area contributed by atoms with Crippen molar-refractivity contribution in [3.8, 4) is 17.2 Å². The highest BCUT2D eigenvalue weighted by molar-refractivity contribution is 5.67. The molecule has 0 spiro atoms. The largest absolute Gasteiger partial charge is 0.497 e. The lowest BCUT2D eigenvalue weighted by molar-refractivity contribution is -0.136. The second-order valence-electron chi connectivity index (χ2n) is 5.83. The van der Waals surface area contributed by atoms with E-state index in [4.69, 9.17) is 19.3 Å². The predicted octanol–water partition coefficient (Wildman–Crippen LogP) is 3.79. The first-order valence-electron chi connectivity index (χ1n) is 8.21. The zero-order valence-electron chi connectivity index (χ0n) is 14.9. The minimum Gasteiger partial charge on any atom is -0.497 e. The second kappa shape index (κ2) is 8.97. The van der Waals surface area contributed by atoms with Crippen molar-refractivity contribution in [2.75, 3.05) is 20.3 Å². The normalized spacial score (nSPS) is 10.4. The van der Waals surface area contributed by atoms with Crippen LogP contribution in [0, 0.1) is 13.8 Å². The highest BCUT2D eigenvalue weighted by Gasteiger charge is 2.09. The van der Waals surface area contributed by atoms with Gasteiger partial charge >= 0.3 is 5.97 Å². The maximum Gasteiger partial charge on any atom is 0.303 e. The molecule has 0 aliphatic rings. The standard InChI is InChI=1S/C20H24O5/c1-14-4-5-15(2)18(12-14)24-10-11-25-19-13-17(23-3)8-6-16(19)7-9-20(21)22/h4-6,8,12-13H,7,9-11H2,1-3H3,(H,21,22). The Morgan fingerprint density at radius 3 is 2.40 bits per heavy atom. The Hall–Kier alpha value is -2.69. The van der Waals surface area contributed by atoms with E-state index in [9.17, 15) is 4.79 Å². The second-order valence-corrected chi connectivity index (χ2v) is 5.83. The number of aliphatic carboxylic acids is 1. The highest BCUT2D eigenvalue weighted by atomic mass is 16.5. The molecule has 0 saturated heterocycles. The quantitative estimate of drug-likeness (QED) is 0.701. The van der Waals surface area contributed by atoms with E-state index >= 15 is 0 Å². The SMILES string of the molecule is COc1ccc(CCC(=O)O)c(OCCOc2cc(C)ccc2C)c1. The molecule has 0 fully saturated rings. The van der Waals surface area contributed by atoms with E-state index in [0.29, 0.717) is 31.1 Å². The van der Waals surface area contributed by atoms with Crippen LogP contribution in [0.25, 0.3) is 0 Å². The minimum atomic E-state index is -0.833. The molecule has 0 heterocycles. The lowest BCUT2D eigenvalue weighted by atomic mass is 10.1.